The molecule has 2 aliphatic rings. The molecule has 0 unspecified atom stereocenters. The number of benzene rings is 1. The lowest BCUT2D eigenvalue weighted by molar-refractivity contribution is 0.0438. The number of rotatable bonds is 4. The van der Waals surface area contributed by atoms with Crippen molar-refractivity contribution in [3.05, 3.63) is 36.9 Å². The molecule has 1 saturated carbocycles. The van der Waals surface area contributed by atoms with Crippen molar-refractivity contribution in [2.24, 2.45) is 5.92 Å². The van der Waals surface area contributed by atoms with Gasteiger partial charge in [0, 0.05) is 30.9 Å². The van der Waals surface area contributed by atoms with Gasteiger partial charge >= 0.3 is 0 Å². The van der Waals surface area contributed by atoms with Gasteiger partial charge in [-0.2, -0.15) is 0 Å². The number of aromatic hydroxyl groups is 1. The van der Waals surface area contributed by atoms with Gasteiger partial charge in [0.2, 0.25) is 0 Å². The summed E-state index contributed by atoms with van der Waals surface area (Å²) in [5.41, 5.74) is 0.840. The Bertz CT molecular complexity index is 978. The minimum atomic E-state index is -1.08. The highest BCUT2D eigenvalue weighted by Gasteiger charge is 2.57. The average Bonchev–Trinajstić information content (AvgIpc) is 3.42. The number of hydrogen-bond acceptors (Lipinski definition) is 7. The number of nitrogens with one attached hydrogen (secondary N) is 1. The van der Waals surface area contributed by atoms with E-state index in [4.69, 9.17) is 4.74 Å². The third-order valence-corrected chi connectivity index (χ3v) is 6.32. The van der Waals surface area contributed by atoms with E-state index < -0.39 is 17.8 Å². The van der Waals surface area contributed by atoms with E-state index in [0.29, 0.717) is 15.8 Å². The number of aromatic nitrogens is 4. The Balaban J connectivity index is 1.37. The van der Waals surface area contributed by atoms with Crippen LogP contribution >= 0.6 is 11.3 Å². The molecule has 27 heavy (non-hydrogen) atoms. The maximum atomic E-state index is 14.6. The van der Waals surface area contributed by atoms with Crippen LogP contribution in [-0.4, -0.2) is 49.2 Å². The fourth-order valence-corrected chi connectivity index (χ4v) is 4.78. The van der Waals surface area contributed by atoms with Crippen LogP contribution in [0.3, 0.4) is 0 Å². The van der Waals surface area contributed by atoms with Gasteiger partial charge in [0.25, 0.3) is 5.19 Å². The van der Waals surface area contributed by atoms with E-state index in [9.17, 15) is 9.50 Å². The van der Waals surface area contributed by atoms with Gasteiger partial charge in [-0.25, -0.2) is 9.37 Å². The number of ether oxygens (including phenoxy) is 1. The summed E-state index contributed by atoms with van der Waals surface area (Å²) in [7, 11) is 0. The molecule has 7 nitrogen and oxygen atoms in total. The molecule has 140 valence electrons. The van der Waals surface area contributed by atoms with Gasteiger partial charge in [0.15, 0.2) is 11.2 Å². The zero-order valence-corrected chi connectivity index (χ0v) is 15.4. The monoisotopic (exact) mass is 387 g/mol. The lowest BCUT2D eigenvalue weighted by Gasteiger charge is -2.31. The molecule has 1 aliphatic heterocycles. The molecule has 2 N–H and O–H groups in total. The van der Waals surface area contributed by atoms with Crippen LogP contribution in [0.4, 0.5) is 4.39 Å². The van der Waals surface area contributed by atoms with Crippen LogP contribution in [0.5, 0.6) is 10.9 Å². The fourth-order valence-electron chi connectivity index (χ4n) is 4.01. The van der Waals surface area contributed by atoms with Crippen LogP contribution in [0.1, 0.15) is 13.3 Å². The van der Waals surface area contributed by atoms with Crippen molar-refractivity contribution in [2.75, 3.05) is 6.54 Å². The van der Waals surface area contributed by atoms with Crippen molar-refractivity contribution in [3.8, 4) is 27.2 Å². The second-order valence-electron chi connectivity index (χ2n) is 7.29. The maximum Gasteiger partial charge on any atom is 0.294 e. The summed E-state index contributed by atoms with van der Waals surface area (Å²) < 4.78 is 22.3. The van der Waals surface area contributed by atoms with Crippen LogP contribution < -0.4 is 10.1 Å². The molecule has 2 fully saturated rings. The minimum Gasteiger partial charge on any atom is -0.507 e. The predicted octanol–water partition coefficient (Wildman–Crippen LogP) is 2.56. The molecule has 5 rings (SSSR count). The second-order valence-corrected chi connectivity index (χ2v) is 8.23. The van der Waals surface area contributed by atoms with Gasteiger partial charge in [-0.15, -0.1) is 5.10 Å². The van der Waals surface area contributed by atoms with Crippen molar-refractivity contribution < 1.29 is 14.2 Å². The van der Waals surface area contributed by atoms with Gasteiger partial charge in [0.05, 0.1) is 23.1 Å². The highest BCUT2D eigenvalue weighted by atomic mass is 32.1. The van der Waals surface area contributed by atoms with Gasteiger partial charge in [-0.1, -0.05) is 16.4 Å². The number of phenolic OH excluding ortho intramolecular Hbond substituents is 1. The second kappa shape index (κ2) is 6.00. The molecular weight excluding hydrogens is 369 g/mol. The molecular formula is C18H18FN5O2S. The van der Waals surface area contributed by atoms with E-state index in [-0.39, 0.29) is 11.7 Å². The molecule has 0 amide bonds. The normalized spacial score (nSPS) is 29.3. The number of fused-ring (bicyclic) bond motifs is 2. The van der Waals surface area contributed by atoms with Crippen molar-refractivity contribution in [2.45, 2.75) is 31.2 Å². The number of hydrogen-bond donors (Lipinski definition) is 2. The summed E-state index contributed by atoms with van der Waals surface area (Å²) in [6.07, 6.45) is 4.30. The van der Waals surface area contributed by atoms with Gasteiger partial charge < -0.3 is 19.7 Å². The molecule has 2 aromatic heterocycles. The van der Waals surface area contributed by atoms with E-state index >= 15 is 0 Å². The van der Waals surface area contributed by atoms with E-state index in [2.05, 4.69) is 20.5 Å². The van der Waals surface area contributed by atoms with Gasteiger partial charge in [-0.05, 0) is 25.5 Å². The first kappa shape index (κ1) is 16.6. The van der Waals surface area contributed by atoms with Gasteiger partial charge in [0.1, 0.15) is 11.9 Å². The van der Waals surface area contributed by atoms with Crippen LogP contribution in [-0.2, 0) is 0 Å². The Morgan fingerprint density at radius 2 is 2.30 bits per heavy atom. The zero-order valence-electron chi connectivity index (χ0n) is 14.5. The molecule has 1 saturated heterocycles. The Morgan fingerprint density at radius 1 is 1.41 bits per heavy atom. The smallest absolute Gasteiger partial charge is 0.294 e. The van der Waals surface area contributed by atoms with Crippen molar-refractivity contribution >= 4 is 11.3 Å². The Hall–Kier alpha value is -2.52. The number of phenols is 1. The van der Waals surface area contributed by atoms with Crippen molar-refractivity contribution in [1.82, 2.24) is 25.1 Å². The maximum absolute atomic E-state index is 14.6. The lowest BCUT2D eigenvalue weighted by Crippen LogP contribution is -2.53. The van der Waals surface area contributed by atoms with E-state index in [0.717, 1.165) is 18.7 Å². The zero-order chi connectivity index (χ0) is 18.6. The fraction of sp³-hybridized carbons (Fsp3) is 0.389. The molecule has 1 aromatic carbocycles. The molecule has 2 bridgehead atoms. The van der Waals surface area contributed by atoms with Crippen LogP contribution in [0.2, 0.25) is 0 Å². The Morgan fingerprint density at radius 3 is 3.00 bits per heavy atom. The molecule has 4 atom stereocenters. The summed E-state index contributed by atoms with van der Waals surface area (Å²) >= 11 is 1.21. The largest absolute Gasteiger partial charge is 0.507 e. The van der Waals surface area contributed by atoms with Crippen LogP contribution in [0.15, 0.2) is 36.9 Å². The minimum absolute atomic E-state index is 0.0869. The Labute approximate surface area is 158 Å². The number of piperidine rings is 1. The Kier molecular flexibility index (Phi) is 3.70. The van der Waals surface area contributed by atoms with Crippen LogP contribution in [0.25, 0.3) is 16.3 Å². The molecule has 9 heteroatoms. The quantitative estimate of drug-likeness (QED) is 0.716. The number of halogens is 1. The van der Waals surface area contributed by atoms with Crippen molar-refractivity contribution in [1.29, 1.82) is 0 Å². The van der Waals surface area contributed by atoms with Crippen LogP contribution in [0, 0.1) is 5.92 Å². The molecule has 3 aromatic rings. The summed E-state index contributed by atoms with van der Waals surface area (Å²) in [4.78, 5) is 4.00. The van der Waals surface area contributed by atoms with Gasteiger partial charge in [-0.3, -0.25) is 0 Å². The molecule has 1 aliphatic carbocycles. The summed E-state index contributed by atoms with van der Waals surface area (Å²) in [5, 5.41) is 22.6. The number of nitrogens with zero attached hydrogens (tertiary/aromatic N) is 4. The first-order valence-corrected chi connectivity index (χ1v) is 9.56. The van der Waals surface area contributed by atoms with Crippen molar-refractivity contribution in [3.63, 3.8) is 0 Å². The summed E-state index contributed by atoms with van der Waals surface area (Å²) in [6.45, 7) is 2.65. The molecule has 0 radical (unpaired) electrons. The standard InChI is InChI=1S/C18H18FN5O2S/c1-18-7-10(8-21-18)14(15(18)19)26-17-23-22-16(27-17)12-3-2-11(6-13(12)25)24-5-4-20-9-24/h2-6,9-10,14-15,21,25H,7-8H2,1H3/t10-,14-,15+,18-/m1/s1. The van der Waals surface area contributed by atoms with E-state index in [1.807, 2.05) is 13.0 Å². The predicted molar refractivity (Wildman–Crippen MR) is 98.0 cm³/mol. The number of alkyl halides is 1. The first-order chi connectivity index (χ1) is 13.0. The molecule has 0 spiro atoms. The number of imidazole rings is 1. The molecule has 3 heterocycles. The summed E-state index contributed by atoms with van der Waals surface area (Å²) in [5.74, 6) is 0.226. The third-order valence-electron chi connectivity index (χ3n) is 5.47. The highest BCUT2D eigenvalue weighted by Crippen LogP contribution is 2.44. The highest BCUT2D eigenvalue weighted by molar-refractivity contribution is 7.16. The third kappa shape index (κ3) is 2.69. The van der Waals surface area contributed by atoms with E-state index in [1.54, 1.807) is 35.4 Å². The lowest BCUT2D eigenvalue weighted by atomic mass is 9.99. The first-order valence-electron chi connectivity index (χ1n) is 8.74. The topological polar surface area (TPSA) is 85.1 Å². The SMILES string of the molecule is C[C@]12C[C@H](CN1)[C@@H](Oc1nnc(-c3ccc(-n4ccnc4)cc3O)s1)[C@@H]2F. The summed E-state index contributed by atoms with van der Waals surface area (Å²) in [6, 6.07) is 5.27. The average molecular weight is 387 g/mol. The van der Waals surface area contributed by atoms with E-state index in [1.165, 1.54) is 11.3 Å².